The molecule has 0 aliphatic rings. The second-order valence-electron chi connectivity index (χ2n) is 14.4. The molecule has 0 aliphatic carbocycles. The number of rotatable bonds is 5. The molecule has 0 spiro atoms. The number of para-hydroxylation sites is 2. The second kappa shape index (κ2) is 14.0. The molecule has 7 aromatic carbocycles. The zero-order chi connectivity index (χ0) is 40.9. The Morgan fingerprint density at radius 2 is 0.850 bits per heavy atom. The SMILES string of the molecule is N#Cc1ccc(-c2ccc3c(c2)c2ccccc2n3-c2ccc(C#N)cc2-c2ccncc2-n2c3ccccc3c3cc(-c4ccc(C#N)cc4C#N)ccc32)c(C#N)c1. The summed E-state index contributed by atoms with van der Waals surface area (Å²) < 4.78 is 4.42. The molecule has 8 heteroatoms. The van der Waals surface area contributed by atoms with Crippen molar-refractivity contribution in [2.75, 3.05) is 0 Å². The molecule has 0 amide bonds. The summed E-state index contributed by atoms with van der Waals surface area (Å²) in [7, 11) is 0. The van der Waals surface area contributed by atoms with Crippen molar-refractivity contribution in [3.8, 4) is 75.1 Å². The fraction of sp³-hybridized carbons (Fsp3) is 0. The van der Waals surface area contributed by atoms with E-state index in [1.165, 1.54) is 0 Å². The lowest BCUT2D eigenvalue weighted by atomic mass is 9.97. The van der Waals surface area contributed by atoms with Gasteiger partial charge in [0.05, 0.1) is 97.8 Å². The summed E-state index contributed by atoms with van der Waals surface area (Å²) in [5, 5.41) is 53.2. The summed E-state index contributed by atoms with van der Waals surface area (Å²) in [6, 6.07) is 58.0. The van der Waals surface area contributed by atoms with Gasteiger partial charge >= 0.3 is 0 Å². The summed E-state index contributed by atoms with van der Waals surface area (Å²) >= 11 is 0. The molecule has 60 heavy (non-hydrogen) atoms. The maximum absolute atomic E-state index is 10.3. The van der Waals surface area contributed by atoms with Crippen LogP contribution in [0.5, 0.6) is 0 Å². The van der Waals surface area contributed by atoms with E-state index in [1.807, 2.05) is 79.0 Å². The Kier molecular flexibility index (Phi) is 8.23. The Balaban J connectivity index is 1.20. The predicted molar refractivity (Wildman–Crippen MR) is 233 cm³/mol. The standard InChI is InChI=1S/C52H26N8/c53-26-32-9-14-39(37(21-32)29-56)35-12-17-50-45(24-35)41-5-1-3-7-47(41)59(50)49-16-11-34(28-55)23-44(49)43-19-20-58-31-52(43)60-48-8-4-2-6-42(48)46-25-36(13-18-51(46)60)40-15-10-33(27-54)22-38(40)30-57/h1-25,31H. The van der Waals surface area contributed by atoms with Gasteiger partial charge in [0.15, 0.2) is 0 Å². The smallest absolute Gasteiger partial charge is 0.0998 e. The molecule has 0 fully saturated rings. The predicted octanol–water partition coefficient (Wildman–Crippen LogP) is 11.6. The van der Waals surface area contributed by atoms with Gasteiger partial charge < -0.3 is 9.13 Å². The van der Waals surface area contributed by atoms with Crippen molar-refractivity contribution in [2.24, 2.45) is 0 Å². The van der Waals surface area contributed by atoms with Crippen LogP contribution in [0.15, 0.2) is 158 Å². The highest BCUT2D eigenvalue weighted by Crippen LogP contribution is 2.42. The summed E-state index contributed by atoms with van der Waals surface area (Å²) in [6.07, 6.45) is 3.62. The molecular formula is C52H26N8. The third-order valence-electron chi connectivity index (χ3n) is 11.2. The number of pyridine rings is 1. The minimum absolute atomic E-state index is 0.430. The summed E-state index contributed by atoms with van der Waals surface area (Å²) in [6.45, 7) is 0. The molecule has 0 aliphatic heterocycles. The Morgan fingerprint density at radius 1 is 0.367 bits per heavy atom. The van der Waals surface area contributed by atoms with Gasteiger partial charge in [0.2, 0.25) is 0 Å². The fourth-order valence-electron chi connectivity index (χ4n) is 8.52. The van der Waals surface area contributed by atoms with Gasteiger partial charge in [-0.25, -0.2) is 0 Å². The van der Waals surface area contributed by atoms with Crippen LogP contribution < -0.4 is 0 Å². The zero-order valence-corrected chi connectivity index (χ0v) is 31.6. The van der Waals surface area contributed by atoms with E-state index in [4.69, 9.17) is 0 Å². The molecule has 0 unspecified atom stereocenters. The van der Waals surface area contributed by atoms with Crippen LogP contribution in [-0.4, -0.2) is 14.1 Å². The maximum Gasteiger partial charge on any atom is 0.0998 e. The third kappa shape index (κ3) is 5.45. The molecule has 3 aromatic heterocycles. The largest absolute Gasteiger partial charge is 0.309 e. The van der Waals surface area contributed by atoms with Crippen LogP contribution in [0.3, 0.4) is 0 Å². The van der Waals surface area contributed by atoms with Crippen molar-refractivity contribution in [3.63, 3.8) is 0 Å². The summed E-state index contributed by atoms with van der Waals surface area (Å²) in [5.41, 5.74) is 12.6. The molecule has 10 aromatic rings. The van der Waals surface area contributed by atoms with E-state index in [1.54, 1.807) is 30.5 Å². The molecule has 274 valence electrons. The van der Waals surface area contributed by atoms with Gasteiger partial charge in [0.25, 0.3) is 0 Å². The number of nitrogens with zero attached hydrogens (tertiary/aromatic N) is 8. The third-order valence-corrected chi connectivity index (χ3v) is 11.2. The minimum atomic E-state index is 0.430. The topological polar surface area (TPSA) is 142 Å². The van der Waals surface area contributed by atoms with Gasteiger partial charge in [-0.3, -0.25) is 4.98 Å². The molecule has 0 saturated heterocycles. The van der Waals surface area contributed by atoms with E-state index in [-0.39, 0.29) is 0 Å². The number of nitriles is 5. The molecule has 0 atom stereocenters. The van der Waals surface area contributed by atoms with Gasteiger partial charge in [0.1, 0.15) is 0 Å². The first-order valence-corrected chi connectivity index (χ1v) is 19.0. The van der Waals surface area contributed by atoms with E-state index in [0.29, 0.717) is 27.8 Å². The monoisotopic (exact) mass is 762 g/mol. The lowest BCUT2D eigenvalue weighted by Gasteiger charge is -2.18. The van der Waals surface area contributed by atoms with E-state index in [2.05, 4.69) is 93.0 Å². The van der Waals surface area contributed by atoms with Crippen molar-refractivity contribution < 1.29 is 0 Å². The molecule has 0 bridgehead atoms. The zero-order valence-electron chi connectivity index (χ0n) is 31.6. The van der Waals surface area contributed by atoms with Crippen LogP contribution in [0.2, 0.25) is 0 Å². The normalized spacial score (nSPS) is 10.9. The van der Waals surface area contributed by atoms with Gasteiger partial charge in [-0.15, -0.1) is 0 Å². The quantitative estimate of drug-likeness (QED) is 0.171. The van der Waals surface area contributed by atoms with Gasteiger partial charge in [-0.2, -0.15) is 26.3 Å². The average molecular weight is 763 g/mol. The number of hydrogen-bond donors (Lipinski definition) is 0. The first-order valence-electron chi connectivity index (χ1n) is 19.0. The fourth-order valence-corrected chi connectivity index (χ4v) is 8.52. The van der Waals surface area contributed by atoms with Crippen molar-refractivity contribution in [1.82, 2.24) is 14.1 Å². The highest BCUT2D eigenvalue weighted by molar-refractivity contribution is 6.13. The number of aromatic nitrogens is 3. The molecular weight excluding hydrogens is 737 g/mol. The van der Waals surface area contributed by atoms with Gasteiger partial charge in [0, 0.05) is 38.9 Å². The van der Waals surface area contributed by atoms with Crippen molar-refractivity contribution in [2.45, 2.75) is 0 Å². The van der Waals surface area contributed by atoms with Crippen molar-refractivity contribution >= 4 is 43.6 Å². The Hall–Kier alpha value is -9.26. The van der Waals surface area contributed by atoms with Crippen molar-refractivity contribution in [1.29, 1.82) is 26.3 Å². The molecule has 10 rings (SSSR count). The average Bonchev–Trinajstić information content (AvgIpc) is 3.82. The van der Waals surface area contributed by atoms with Gasteiger partial charge in [-0.1, -0.05) is 60.7 Å². The lowest BCUT2D eigenvalue weighted by molar-refractivity contribution is 1.13. The van der Waals surface area contributed by atoms with E-state index >= 15 is 0 Å². The minimum Gasteiger partial charge on any atom is -0.309 e. The second-order valence-corrected chi connectivity index (χ2v) is 14.4. The first-order chi connectivity index (χ1) is 29.5. The molecule has 0 radical (unpaired) electrons. The summed E-state index contributed by atoms with van der Waals surface area (Å²) in [5.74, 6) is 0. The summed E-state index contributed by atoms with van der Waals surface area (Å²) in [4.78, 5) is 4.65. The lowest BCUT2D eigenvalue weighted by Crippen LogP contribution is -2.02. The first kappa shape index (κ1) is 35.2. The van der Waals surface area contributed by atoms with Gasteiger partial charge in [-0.05, 0) is 107 Å². The van der Waals surface area contributed by atoms with Crippen LogP contribution in [0.1, 0.15) is 27.8 Å². The van der Waals surface area contributed by atoms with Crippen LogP contribution in [0.25, 0.3) is 88.4 Å². The van der Waals surface area contributed by atoms with Crippen LogP contribution in [0, 0.1) is 56.7 Å². The Morgan fingerprint density at radius 3 is 1.38 bits per heavy atom. The molecule has 0 saturated carbocycles. The Labute approximate surface area is 343 Å². The van der Waals surface area contributed by atoms with E-state index in [9.17, 15) is 26.3 Å². The number of benzene rings is 7. The highest BCUT2D eigenvalue weighted by Gasteiger charge is 2.22. The number of hydrogen-bond acceptors (Lipinski definition) is 6. The Bertz CT molecular complexity index is 3680. The molecule has 3 heterocycles. The maximum atomic E-state index is 10.3. The van der Waals surface area contributed by atoms with Crippen LogP contribution >= 0.6 is 0 Å². The number of fused-ring (bicyclic) bond motifs is 6. The molecule has 0 N–H and O–H groups in total. The van der Waals surface area contributed by atoms with E-state index < -0.39 is 0 Å². The van der Waals surface area contributed by atoms with E-state index in [0.717, 1.165) is 88.4 Å². The van der Waals surface area contributed by atoms with Crippen LogP contribution in [-0.2, 0) is 0 Å². The molecule has 8 nitrogen and oxygen atoms in total. The van der Waals surface area contributed by atoms with Crippen molar-refractivity contribution in [3.05, 3.63) is 186 Å². The van der Waals surface area contributed by atoms with Crippen LogP contribution in [0.4, 0.5) is 0 Å². The highest BCUT2D eigenvalue weighted by atomic mass is 15.0.